The van der Waals surface area contributed by atoms with E-state index >= 15 is 0 Å². The van der Waals surface area contributed by atoms with E-state index in [0.717, 1.165) is 5.69 Å². The summed E-state index contributed by atoms with van der Waals surface area (Å²) in [5.41, 5.74) is 1.38. The Morgan fingerprint density at radius 1 is 1.58 bits per heavy atom. The predicted octanol–water partition coefficient (Wildman–Crippen LogP) is 1.10. The minimum absolute atomic E-state index is 0.0996. The lowest BCUT2D eigenvalue weighted by Gasteiger charge is -2.18. The molecule has 5 heteroatoms. The van der Waals surface area contributed by atoms with Crippen LogP contribution in [0.25, 0.3) is 0 Å². The summed E-state index contributed by atoms with van der Waals surface area (Å²) < 4.78 is 0. The summed E-state index contributed by atoms with van der Waals surface area (Å²) in [5, 5.41) is 5.86. The second kappa shape index (κ2) is 2.64. The molecule has 1 aliphatic rings. The standard InChI is InChI=1S/C7H6ClN3O/c8-7-6-4(1-2-9-7)10-3-5(12)11-6/h1-2,10H,3H2,(H,11,12). The average molecular weight is 184 g/mol. The fourth-order valence-corrected chi connectivity index (χ4v) is 1.27. The van der Waals surface area contributed by atoms with Crippen LogP contribution in [0.5, 0.6) is 0 Å². The molecule has 1 aromatic heterocycles. The van der Waals surface area contributed by atoms with Gasteiger partial charge in [-0.3, -0.25) is 4.79 Å². The summed E-state index contributed by atoms with van der Waals surface area (Å²) >= 11 is 5.74. The second-order valence-corrected chi connectivity index (χ2v) is 2.78. The summed E-state index contributed by atoms with van der Waals surface area (Å²) in [6.07, 6.45) is 1.59. The van der Waals surface area contributed by atoms with Crippen molar-refractivity contribution in [1.29, 1.82) is 0 Å². The van der Waals surface area contributed by atoms with Crippen LogP contribution in [0.2, 0.25) is 5.15 Å². The van der Waals surface area contributed by atoms with Crippen molar-refractivity contribution in [2.45, 2.75) is 0 Å². The number of nitrogens with one attached hydrogen (secondary N) is 2. The molecule has 2 heterocycles. The van der Waals surface area contributed by atoms with Crippen LogP contribution >= 0.6 is 11.6 Å². The molecule has 1 amide bonds. The number of fused-ring (bicyclic) bond motifs is 1. The zero-order valence-corrected chi connectivity index (χ0v) is 6.85. The Morgan fingerprint density at radius 3 is 3.25 bits per heavy atom. The molecular formula is C7H6ClN3O. The largest absolute Gasteiger partial charge is 0.374 e. The number of anilines is 2. The highest BCUT2D eigenvalue weighted by Crippen LogP contribution is 2.29. The molecule has 0 aromatic carbocycles. The van der Waals surface area contributed by atoms with Crippen LogP contribution in [0.15, 0.2) is 12.3 Å². The van der Waals surface area contributed by atoms with Gasteiger partial charge in [0.25, 0.3) is 0 Å². The monoisotopic (exact) mass is 183 g/mol. The van der Waals surface area contributed by atoms with E-state index in [9.17, 15) is 4.79 Å². The molecule has 2 rings (SSSR count). The lowest BCUT2D eigenvalue weighted by atomic mass is 10.3. The van der Waals surface area contributed by atoms with Crippen LogP contribution in [0.1, 0.15) is 0 Å². The summed E-state index contributed by atoms with van der Waals surface area (Å²) in [4.78, 5) is 14.8. The molecular weight excluding hydrogens is 178 g/mol. The molecule has 0 bridgehead atoms. The Labute approximate surface area is 73.9 Å². The highest BCUT2D eigenvalue weighted by molar-refractivity contribution is 6.33. The van der Waals surface area contributed by atoms with Crippen molar-refractivity contribution in [2.24, 2.45) is 0 Å². The highest BCUT2D eigenvalue weighted by atomic mass is 35.5. The van der Waals surface area contributed by atoms with Gasteiger partial charge < -0.3 is 10.6 Å². The van der Waals surface area contributed by atoms with Gasteiger partial charge in [-0.25, -0.2) is 4.98 Å². The molecule has 62 valence electrons. The van der Waals surface area contributed by atoms with Gasteiger partial charge in [-0.15, -0.1) is 0 Å². The molecule has 0 unspecified atom stereocenters. The highest BCUT2D eigenvalue weighted by Gasteiger charge is 2.16. The van der Waals surface area contributed by atoms with Gasteiger partial charge >= 0.3 is 0 Å². The molecule has 0 spiro atoms. The van der Waals surface area contributed by atoms with Crippen molar-refractivity contribution in [2.75, 3.05) is 17.2 Å². The third kappa shape index (κ3) is 1.10. The third-order valence-electron chi connectivity index (χ3n) is 1.61. The number of hydrogen-bond acceptors (Lipinski definition) is 3. The van der Waals surface area contributed by atoms with Gasteiger partial charge in [-0.1, -0.05) is 11.6 Å². The Kier molecular flexibility index (Phi) is 1.62. The molecule has 12 heavy (non-hydrogen) atoms. The number of carbonyl (C=O) groups excluding carboxylic acids is 1. The average Bonchev–Trinajstić information content (AvgIpc) is 2.07. The van der Waals surface area contributed by atoms with Crippen LogP contribution in [0.4, 0.5) is 11.4 Å². The summed E-state index contributed by atoms with van der Waals surface area (Å²) in [6.45, 7) is 0.285. The van der Waals surface area contributed by atoms with E-state index in [4.69, 9.17) is 11.6 Å². The quantitative estimate of drug-likeness (QED) is 0.593. The number of halogens is 1. The molecule has 2 N–H and O–H groups in total. The zero-order chi connectivity index (χ0) is 8.55. The van der Waals surface area contributed by atoms with Gasteiger partial charge in [0.2, 0.25) is 5.91 Å². The molecule has 4 nitrogen and oxygen atoms in total. The van der Waals surface area contributed by atoms with E-state index in [1.165, 1.54) is 0 Å². The Morgan fingerprint density at radius 2 is 2.42 bits per heavy atom. The number of aromatic nitrogens is 1. The van der Waals surface area contributed by atoms with Crippen LogP contribution in [-0.2, 0) is 4.79 Å². The number of rotatable bonds is 0. The molecule has 0 aliphatic carbocycles. The lowest BCUT2D eigenvalue weighted by Crippen LogP contribution is -2.27. The zero-order valence-electron chi connectivity index (χ0n) is 6.10. The first-order valence-electron chi connectivity index (χ1n) is 3.45. The summed E-state index contributed by atoms with van der Waals surface area (Å²) in [5.74, 6) is -0.0996. The van der Waals surface area contributed by atoms with E-state index in [1.807, 2.05) is 0 Å². The van der Waals surface area contributed by atoms with E-state index in [2.05, 4.69) is 15.6 Å². The Hall–Kier alpha value is -1.29. The molecule has 0 saturated heterocycles. The number of nitrogens with zero attached hydrogens (tertiary/aromatic N) is 1. The maximum absolute atomic E-state index is 10.9. The molecule has 1 aromatic rings. The van der Waals surface area contributed by atoms with Gasteiger partial charge in [-0.05, 0) is 6.07 Å². The smallest absolute Gasteiger partial charge is 0.243 e. The van der Waals surface area contributed by atoms with Crippen LogP contribution < -0.4 is 10.6 Å². The van der Waals surface area contributed by atoms with Crippen LogP contribution in [0.3, 0.4) is 0 Å². The topological polar surface area (TPSA) is 54.0 Å². The maximum atomic E-state index is 10.9. The third-order valence-corrected chi connectivity index (χ3v) is 1.90. The maximum Gasteiger partial charge on any atom is 0.243 e. The number of pyridine rings is 1. The van der Waals surface area contributed by atoms with Crippen molar-refractivity contribution in [3.05, 3.63) is 17.4 Å². The normalized spacial score (nSPS) is 14.6. The number of amides is 1. The molecule has 0 radical (unpaired) electrons. The van der Waals surface area contributed by atoms with Crippen LogP contribution in [0, 0.1) is 0 Å². The van der Waals surface area contributed by atoms with Crippen molar-refractivity contribution in [1.82, 2.24) is 4.98 Å². The minimum atomic E-state index is -0.0996. The van der Waals surface area contributed by atoms with Gasteiger partial charge in [0.15, 0.2) is 5.15 Å². The number of hydrogen-bond donors (Lipinski definition) is 2. The molecule has 1 aliphatic heterocycles. The Bertz CT molecular complexity index is 339. The van der Waals surface area contributed by atoms with Crippen molar-refractivity contribution in [3.8, 4) is 0 Å². The van der Waals surface area contributed by atoms with E-state index in [-0.39, 0.29) is 12.5 Å². The summed E-state index contributed by atoms with van der Waals surface area (Å²) in [6, 6.07) is 1.76. The molecule has 0 saturated carbocycles. The first kappa shape index (κ1) is 7.36. The summed E-state index contributed by atoms with van der Waals surface area (Å²) in [7, 11) is 0. The first-order chi connectivity index (χ1) is 5.77. The fourth-order valence-electron chi connectivity index (χ4n) is 1.06. The molecule has 0 fully saturated rings. The van der Waals surface area contributed by atoms with Crippen molar-refractivity contribution in [3.63, 3.8) is 0 Å². The van der Waals surface area contributed by atoms with Crippen LogP contribution in [-0.4, -0.2) is 17.4 Å². The van der Waals surface area contributed by atoms with Crippen molar-refractivity contribution < 1.29 is 4.79 Å². The van der Waals surface area contributed by atoms with Crippen molar-refractivity contribution >= 4 is 28.9 Å². The fraction of sp³-hybridized carbons (Fsp3) is 0.143. The predicted molar refractivity (Wildman–Crippen MR) is 46.4 cm³/mol. The number of carbonyl (C=O) groups is 1. The minimum Gasteiger partial charge on any atom is -0.374 e. The van der Waals surface area contributed by atoms with E-state index in [1.54, 1.807) is 12.3 Å². The second-order valence-electron chi connectivity index (χ2n) is 2.43. The van der Waals surface area contributed by atoms with Gasteiger partial charge in [-0.2, -0.15) is 0 Å². The van der Waals surface area contributed by atoms with Gasteiger partial charge in [0, 0.05) is 6.20 Å². The van der Waals surface area contributed by atoms with Gasteiger partial charge in [0.05, 0.1) is 12.2 Å². The molecule has 0 atom stereocenters. The SMILES string of the molecule is O=C1CNc2ccnc(Cl)c2N1. The Balaban J connectivity index is 2.50. The van der Waals surface area contributed by atoms with E-state index < -0.39 is 0 Å². The first-order valence-corrected chi connectivity index (χ1v) is 3.83. The lowest BCUT2D eigenvalue weighted by molar-refractivity contribution is -0.114. The van der Waals surface area contributed by atoms with Gasteiger partial charge in [0.1, 0.15) is 5.69 Å². The van der Waals surface area contributed by atoms with E-state index in [0.29, 0.717) is 10.8 Å².